The van der Waals surface area contributed by atoms with Crippen LogP contribution in [-0.2, 0) is 21.4 Å². The highest BCUT2D eigenvalue weighted by molar-refractivity contribution is 7.89. The summed E-state index contributed by atoms with van der Waals surface area (Å²) in [4.78, 5) is 13.6. The summed E-state index contributed by atoms with van der Waals surface area (Å²) in [5, 5.41) is 0.354. The molecule has 0 unspecified atom stereocenters. The number of nitrogens with zero attached hydrogens (tertiary/aromatic N) is 1. The first kappa shape index (κ1) is 19.4. The van der Waals surface area contributed by atoms with E-state index in [1.807, 2.05) is 31.2 Å². The largest absolute Gasteiger partial charge is 0.337 e. The van der Waals surface area contributed by atoms with Gasteiger partial charge in [-0.05, 0) is 36.2 Å². The molecular weight excluding hydrogens is 360 g/mol. The van der Waals surface area contributed by atoms with Crippen LogP contribution in [0.3, 0.4) is 0 Å². The fourth-order valence-electron chi connectivity index (χ4n) is 2.37. The fraction of sp³-hybridized carbons (Fsp3) is 0.278. The minimum Gasteiger partial charge on any atom is -0.337 e. The molecule has 0 radical (unpaired) electrons. The number of halogens is 1. The third-order valence-electron chi connectivity index (χ3n) is 3.85. The predicted octanol–water partition coefficient (Wildman–Crippen LogP) is 2.98. The molecule has 5 nitrogen and oxygen atoms in total. The van der Waals surface area contributed by atoms with Crippen molar-refractivity contribution in [2.24, 2.45) is 0 Å². The first-order chi connectivity index (χ1) is 11.8. The Morgan fingerprint density at radius 3 is 2.52 bits per heavy atom. The normalized spacial score (nSPS) is 11.3. The van der Waals surface area contributed by atoms with Gasteiger partial charge in [0.05, 0.1) is 4.90 Å². The Morgan fingerprint density at radius 2 is 1.88 bits per heavy atom. The number of nitrogens with one attached hydrogen (secondary N) is 1. The number of rotatable bonds is 7. The van der Waals surface area contributed by atoms with Crippen molar-refractivity contribution in [1.29, 1.82) is 0 Å². The average Bonchev–Trinajstić information content (AvgIpc) is 2.55. The van der Waals surface area contributed by atoms with Gasteiger partial charge in [-0.25, -0.2) is 13.1 Å². The molecule has 1 N–H and O–H groups in total. The second-order valence-electron chi connectivity index (χ2n) is 5.72. The van der Waals surface area contributed by atoms with Crippen molar-refractivity contribution >= 4 is 27.5 Å². The summed E-state index contributed by atoms with van der Waals surface area (Å²) < 4.78 is 27.1. The van der Waals surface area contributed by atoms with E-state index in [0.717, 1.165) is 11.1 Å². The van der Waals surface area contributed by atoms with Gasteiger partial charge in [0.2, 0.25) is 15.9 Å². The fourth-order valence-corrected chi connectivity index (χ4v) is 3.69. The number of carbonyl (C=O) groups is 1. The van der Waals surface area contributed by atoms with Gasteiger partial charge in [-0.3, -0.25) is 4.79 Å². The number of hydrogen-bond acceptors (Lipinski definition) is 3. The lowest BCUT2D eigenvalue weighted by molar-refractivity contribution is -0.129. The summed E-state index contributed by atoms with van der Waals surface area (Å²) in [6, 6.07) is 13.9. The molecule has 2 aromatic carbocycles. The minimum atomic E-state index is -3.66. The number of amides is 1. The van der Waals surface area contributed by atoms with Crippen molar-refractivity contribution < 1.29 is 13.2 Å². The number of hydrogen-bond donors (Lipinski definition) is 1. The monoisotopic (exact) mass is 380 g/mol. The second kappa shape index (κ2) is 8.47. The molecule has 134 valence electrons. The lowest BCUT2D eigenvalue weighted by Crippen LogP contribution is -2.37. The third-order valence-corrected chi connectivity index (χ3v) is 5.54. The molecule has 2 rings (SSSR count). The highest BCUT2D eigenvalue weighted by atomic mass is 35.5. The number of sulfonamides is 1. The number of carbonyl (C=O) groups excluding carboxylic acids is 1. The standard InChI is InChI=1S/C18H21ClN2O3S/c1-14-6-3-4-7-16(14)13-21(15(2)22)11-10-20-25(23,24)18-9-5-8-17(19)12-18/h3-9,12,20H,10-11,13H2,1-2H3. The SMILES string of the molecule is CC(=O)N(CCNS(=O)(=O)c1cccc(Cl)c1)Cc1ccccc1C. The van der Waals surface area contributed by atoms with E-state index in [1.165, 1.54) is 19.1 Å². The van der Waals surface area contributed by atoms with Crippen molar-refractivity contribution in [2.75, 3.05) is 13.1 Å². The maximum atomic E-state index is 12.3. The quantitative estimate of drug-likeness (QED) is 0.803. The summed E-state index contributed by atoms with van der Waals surface area (Å²) in [6.45, 7) is 4.31. The van der Waals surface area contributed by atoms with Crippen molar-refractivity contribution in [2.45, 2.75) is 25.3 Å². The summed E-state index contributed by atoms with van der Waals surface area (Å²) in [6.07, 6.45) is 0. The van der Waals surface area contributed by atoms with Gasteiger partial charge in [-0.1, -0.05) is 41.9 Å². The van der Waals surface area contributed by atoms with E-state index in [4.69, 9.17) is 11.6 Å². The third kappa shape index (κ3) is 5.56. The molecule has 0 fully saturated rings. The van der Waals surface area contributed by atoms with Crippen LogP contribution in [0.2, 0.25) is 5.02 Å². The predicted molar refractivity (Wildman–Crippen MR) is 98.9 cm³/mol. The molecule has 0 saturated heterocycles. The van der Waals surface area contributed by atoms with Gasteiger partial charge in [0, 0.05) is 31.6 Å². The maximum Gasteiger partial charge on any atom is 0.240 e. The van der Waals surface area contributed by atoms with Crippen LogP contribution in [0, 0.1) is 6.92 Å². The van der Waals surface area contributed by atoms with Gasteiger partial charge in [0.1, 0.15) is 0 Å². The first-order valence-electron chi connectivity index (χ1n) is 7.85. The van der Waals surface area contributed by atoms with Crippen LogP contribution in [0.4, 0.5) is 0 Å². The zero-order chi connectivity index (χ0) is 18.4. The Morgan fingerprint density at radius 1 is 1.16 bits per heavy atom. The second-order valence-corrected chi connectivity index (χ2v) is 7.93. The Balaban J connectivity index is 2.00. The lowest BCUT2D eigenvalue weighted by atomic mass is 10.1. The average molecular weight is 381 g/mol. The maximum absolute atomic E-state index is 12.3. The van der Waals surface area contributed by atoms with E-state index in [0.29, 0.717) is 11.6 Å². The van der Waals surface area contributed by atoms with Crippen LogP contribution in [0.15, 0.2) is 53.4 Å². The van der Waals surface area contributed by atoms with E-state index < -0.39 is 10.0 Å². The van der Waals surface area contributed by atoms with Crippen LogP contribution in [0.1, 0.15) is 18.1 Å². The summed E-state index contributed by atoms with van der Waals surface area (Å²) in [5.41, 5.74) is 2.13. The van der Waals surface area contributed by atoms with Crippen LogP contribution >= 0.6 is 11.6 Å². The van der Waals surface area contributed by atoms with E-state index >= 15 is 0 Å². The van der Waals surface area contributed by atoms with Crippen molar-refractivity contribution in [3.05, 3.63) is 64.7 Å². The Hall–Kier alpha value is -1.89. The van der Waals surface area contributed by atoms with E-state index in [1.54, 1.807) is 17.0 Å². The zero-order valence-electron chi connectivity index (χ0n) is 14.2. The van der Waals surface area contributed by atoms with E-state index in [-0.39, 0.29) is 23.9 Å². The van der Waals surface area contributed by atoms with Crippen LogP contribution < -0.4 is 4.72 Å². The molecule has 0 spiro atoms. The number of aryl methyl sites for hydroxylation is 1. The Kier molecular flexibility index (Phi) is 6.58. The van der Waals surface area contributed by atoms with Crippen LogP contribution in [-0.4, -0.2) is 32.3 Å². The summed E-state index contributed by atoms with van der Waals surface area (Å²) >= 11 is 5.84. The molecule has 2 aromatic rings. The molecule has 25 heavy (non-hydrogen) atoms. The summed E-state index contributed by atoms with van der Waals surface area (Å²) in [5.74, 6) is -0.106. The van der Waals surface area contributed by atoms with Gasteiger partial charge < -0.3 is 4.90 Å². The molecule has 0 atom stereocenters. The Bertz CT molecular complexity index is 853. The molecule has 0 aliphatic rings. The lowest BCUT2D eigenvalue weighted by Gasteiger charge is -2.22. The molecule has 0 aliphatic carbocycles. The first-order valence-corrected chi connectivity index (χ1v) is 9.71. The van der Waals surface area contributed by atoms with Gasteiger partial charge in [0.15, 0.2) is 0 Å². The van der Waals surface area contributed by atoms with Gasteiger partial charge >= 0.3 is 0 Å². The highest BCUT2D eigenvalue weighted by Gasteiger charge is 2.16. The topological polar surface area (TPSA) is 66.5 Å². The van der Waals surface area contributed by atoms with Gasteiger partial charge in [-0.2, -0.15) is 0 Å². The smallest absolute Gasteiger partial charge is 0.240 e. The molecule has 0 heterocycles. The van der Waals surface area contributed by atoms with Crippen molar-refractivity contribution in [1.82, 2.24) is 9.62 Å². The molecular formula is C18H21ClN2O3S. The molecule has 0 bridgehead atoms. The number of benzene rings is 2. The van der Waals surface area contributed by atoms with Crippen molar-refractivity contribution in [3.8, 4) is 0 Å². The van der Waals surface area contributed by atoms with Crippen LogP contribution in [0.5, 0.6) is 0 Å². The van der Waals surface area contributed by atoms with Crippen LogP contribution in [0.25, 0.3) is 0 Å². The van der Waals surface area contributed by atoms with Crippen molar-refractivity contribution in [3.63, 3.8) is 0 Å². The Labute approximate surface area is 153 Å². The van der Waals surface area contributed by atoms with E-state index in [9.17, 15) is 13.2 Å². The zero-order valence-corrected chi connectivity index (χ0v) is 15.8. The van der Waals surface area contributed by atoms with E-state index in [2.05, 4.69) is 4.72 Å². The summed E-state index contributed by atoms with van der Waals surface area (Å²) in [7, 11) is -3.66. The molecule has 1 amide bonds. The highest BCUT2D eigenvalue weighted by Crippen LogP contribution is 2.15. The molecule has 0 aliphatic heterocycles. The van der Waals surface area contributed by atoms with Gasteiger partial charge in [0.25, 0.3) is 0 Å². The minimum absolute atomic E-state index is 0.105. The molecule has 0 saturated carbocycles. The van der Waals surface area contributed by atoms with Gasteiger partial charge in [-0.15, -0.1) is 0 Å². The molecule has 0 aromatic heterocycles. The molecule has 7 heteroatoms.